The molecule has 0 aliphatic rings. The van der Waals surface area contributed by atoms with Gasteiger partial charge in [-0.1, -0.05) is 0 Å². The number of pyridine rings is 3. The first-order valence-electron chi connectivity index (χ1n) is 12.2. The number of aromatic amines is 2. The lowest BCUT2D eigenvalue weighted by molar-refractivity contribution is 0.586. The molecular weight excluding hydrogens is 533 g/mol. The number of fused-ring (bicyclic) bond motifs is 2. The number of H-pyrrole nitrogens is 2. The van der Waals surface area contributed by atoms with E-state index >= 15 is 0 Å². The highest BCUT2D eigenvalue weighted by Gasteiger charge is 2.17. The van der Waals surface area contributed by atoms with Gasteiger partial charge in [-0.3, -0.25) is 20.1 Å². The van der Waals surface area contributed by atoms with Crippen molar-refractivity contribution in [3.05, 3.63) is 72.7 Å². The maximum Gasteiger partial charge on any atom is 0.209 e. The van der Waals surface area contributed by atoms with Gasteiger partial charge in [0.05, 0.1) is 47.3 Å². The summed E-state index contributed by atoms with van der Waals surface area (Å²) in [5.74, 6) is 0.0300. The summed E-state index contributed by atoms with van der Waals surface area (Å²) >= 11 is 0. The van der Waals surface area contributed by atoms with Crippen molar-refractivity contribution in [3.63, 3.8) is 0 Å². The van der Waals surface area contributed by atoms with Crippen LogP contribution in [0.2, 0.25) is 0 Å². The van der Waals surface area contributed by atoms with Gasteiger partial charge in [0, 0.05) is 49.5 Å². The molecule has 0 spiro atoms. The number of hydrogen-bond donors (Lipinski definition) is 3. The Bertz CT molecular complexity index is 2000. The molecule has 0 atom stereocenters. The van der Waals surface area contributed by atoms with Crippen LogP contribution in [0.3, 0.4) is 0 Å². The maximum absolute atomic E-state index is 14.5. The molecule has 0 radical (unpaired) electrons. The number of imidazole rings is 1. The van der Waals surface area contributed by atoms with Crippen LogP contribution in [0.4, 0.5) is 10.1 Å². The highest BCUT2D eigenvalue weighted by atomic mass is 32.2. The average molecular weight is 558 g/mol. The second-order valence-corrected chi connectivity index (χ2v) is 11.5. The first-order valence-corrected chi connectivity index (χ1v) is 14.1. The predicted octanol–water partition coefficient (Wildman–Crippen LogP) is 3.88. The number of nitrogens with one attached hydrogen (secondary N) is 3. The summed E-state index contributed by atoms with van der Waals surface area (Å²) in [7, 11) is 0.468. The van der Waals surface area contributed by atoms with E-state index in [9.17, 15) is 12.8 Å². The predicted molar refractivity (Wildman–Crippen MR) is 151 cm³/mol. The highest BCUT2D eigenvalue weighted by molar-refractivity contribution is 7.88. The smallest absolute Gasteiger partial charge is 0.209 e. The first-order chi connectivity index (χ1) is 19.1. The molecule has 0 saturated heterocycles. The Morgan fingerprint density at radius 2 is 1.80 bits per heavy atom. The van der Waals surface area contributed by atoms with E-state index in [1.807, 2.05) is 31.1 Å². The Balaban J connectivity index is 1.42. The maximum atomic E-state index is 14.5. The molecule has 11 nitrogen and oxygen atoms in total. The second kappa shape index (κ2) is 9.77. The molecule has 5 heterocycles. The molecule has 0 saturated carbocycles. The van der Waals surface area contributed by atoms with E-state index in [1.54, 1.807) is 37.1 Å². The number of sulfonamides is 1. The van der Waals surface area contributed by atoms with Crippen molar-refractivity contribution in [2.45, 2.75) is 6.54 Å². The van der Waals surface area contributed by atoms with Crippen molar-refractivity contribution in [2.75, 3.05) is 25.3 Å². The number of halogens is 1. The molecule has 0 bridgehead atoms. The number of anilines is 1. The molecule has 0 amide bonds. The topological polar surface area (TPSA) is 145 Å². The van der Waals surface area contributed by atoms with Crippen LogP contribution in [0.25, 0.3) is 55.8 Å². The lowest BCUT2D eigenvalue weighted by Gasteiger charge is -2.12. The van der Waals surface area contributed by atoms with Crippen molar-refractivity contribution in [1.29, 1.82) is 0 Å². The summed E-state index contributed by atoms with van der Waals surface area (Å²) in [4.78, 5) is 23.3. The van der Waals surface area contributed by atoms with Gasteiger partial charge in [-0.05, 0) is 41.5 Å². The molecule has 13 heteroatoms. The van der Waals surface area contributed by atoms with E-state index in [0.717, 1.165) is 28.6 Å². The fourth-order valence-electron chi connectivity index (χ4n) is 4.45. The van der Waals surface area contributed by atoms with Gasteiger partial charge < -0.3 is 9.88 Å². The van der Waals surface area contributed by atoms with Crippen molar-refractivity contribution in [2.24, 2.45) is 0 Å². The second-order valence-electron chi connectivity index (χ2n) is 9.62. The molecule has 0 fully saturated rings. The van der Waals surface area contributed by atoms with Gasteiger partial charge in [0.15, 0.2) is 5.82 Å². The third-order valence-electron chi connectivity index (χ3n) is 6.41. The van der Waals surface area contributed by atoms with Crippen molar-refractivity contribution in [1.82, 2.24) is 39.8 Å². The van der Waals surface area contributed by atoms with E-state index in [0.29, 0.717) is 44.8 Å². The van der Waals surface area contributed by atoms with Crippen molar-refractivity contribution >= 4 is 37.6 Å². The fraction of sp³-hybridized carbons (Fsp3) is 0.148. The van der Waals surface area contributed by atoms with E-state index in [4.69, 9.17) is 4.98 Å². The standard InChI is InChI=1S/C27H24FN9O2S/c1-37(2)19-7-17(10-29-11-19)22-8-20-23(14-31-22)35-36-26(20)27-33-24-13-30-12-21(25(24)34-27)16-4-15(5-18(28)6-16)9-32-40(3,38)39/h4-8,10-14,32H,9H2,1-3H3,(H,33,34)(H,35,36). The summed E-state index contributed by atoms with van der Waals surface area (Å²) in [6.07, 6.45) is 9.55. The van der Waals surface area contributed by atoms with Gasteiger partial charge in [0.2, 0.25) is 10.0 Å². The average Bonchev–Trinajstić information content (AvgIpc) is 3.55. The number of benzene rings is 1. The van der Waals surface area contributed by atoms with Gasteiger partial charge in [-0.25, -0.2) is 22.5 Å². The molecule has 6 aromatic rings. The Morgan fingerprint density at radius 1 is 0.975 bits per heavy atom. The Hall–Kier alpha value is -4.75. The summed E-state index contributed by atoms with van der Waals surface area (Å²) in [6.45, 7) is -0.0394. The minimum atomic E-state index is -3.44. The Labute approximate surface area is 228 Å². The highest BCUT2D eigenvalue weighted by Crippen LogP contribution is 2.33. The van der Waals surface area contributed by atoms with Gasteiger partial charge >= 0.3 is 0 Å². The zero-order valence-electron chi connectivity index (χ0n) is 21.8. The number of nitrogens with zero attached hydrogens (tertiary/aromatic N) is 6. The van der Waals surface area contributed by atoms with E-state index in [2.05, 4.69) is 34.9 Å². The molecule has 40 heavy (non-hydrogen) atoms. The molecule has 1 aromatic carbocycles. The molecule has 0 aliphatic heterocycles. The third kappa shape index (κ3) is 4.99. The van der Waals surface area contributed by atoms with Gasteiger partial charge in [-0.15, -0.1) is 0 Å². The zero-order chi connectivity index (χ0) is 28.0. The molecule has 6 rings (SSSR count). The SMILES string of the molecule is CN(C)c1cncc(-c2cc3c(-c4nc5c(-c6cc(F)cc(CNS(C)(=O)=O)c6)cncc5[nH]4)[nH]nc3cn2)c1. The van der Waals surface area contributed by atoms with E-state index in [1.165, 1.54) is 12.1 Å². The number of aromatic nitrogens is 7. The van der Waals surface area contributed by atoms with Crippen molar-refractivity contribution in [3.8, 4) is 33.9 Å². The molecule has 5 aromatic heterocycles. The number of rotatable bonds is 7. The molecule has 202 valence electrons. The molecule has 0 aliphatic carbocycles. The quantitative estimate of drug-likeness (QED) is 0.268. The third-order valence-corrected chi connectivity index (χ3v) is 7.08. The minimum absolute atomic E-state index is 0.0394. The van der Waals surface area contributed by atoms with Gasteiger partial charge in [0.1, 0.15) is 17.0 Å². The van der Waals surface area contributed by atoms with Crippen LogP contribution in [0.5, 0.6) is 0 Å². The number of hydrogen-bond acceptors (Lipinski definition) is 8. The summed E-state index contributed by atoms with van der Waals surface area (Å²) < 4.78 is 40.0. The lowest BCUT2D eigenvalue weighted by Crippen LogP contribution is -2.21. The van der Waals surface area contributed by atoms with Crippen LogP contribution >= 0.6 is 0 Å². The summed E-state index contributed by atoms with van der Waals surface area (Å²) in [5, 5.41) is 8.27. The summed E-state index contributed by atoms with van der Waals surface area (Å²) in [5.41, 5.74) is 6.71. The van der Waals surface area contributed by atoms with Crippen LogP contribution in [0.1, 0.15) is 5.56 Å². The summed E-state index contributed by atoms with van der Waals surface area (Å²) in [6, 6.07) is 8.32. The van der Waals surface area contributed by atoms with E-state index in [-0.39, 0.29) is 6.54 Å². The minimum Gasteiger partial charge on any atom is -0.376 e. The van der Waals surface area contributed by atoms with Crippen LogP contribution in [-0.4, -0.2) is 63.9 Å². The Morgan fingerprint density at radius 3 is 2.60 bits per heavy atom. The van der Waals surface area contributed by atoms with Crippen LogP contribution in [-0.2, 0) is 16.6 Å². The molecule has 3 N–H and O–H groups in total. The zero-order valence-corrected chi connectivity index (χ0v) is 22.6. The normalized spacial score (nSPS) is 11.9. The Kier molecular flexibility index (Phi) is 6.24. The van der Waals surface area contributed by atoms with Gasteiger partial charge in [-0.2, -0.15) is 5.10 Å². The fourth-order valence-corrected chi connectivity index (χ4v) is 4.88. The largest absolute Gasteiger partial charge is 0.376 e. The monoisotopic (exact) mass is 557 g/mol. The molecule has 0 unspecified atom stereocenters. The van der Waals surface area contributed by atoms with Crippen molar-refractivity contribution < 1.29 is 12.8 Å². The van der Waals surface area contributed by atoms with Gasteiger partial charge in [0.25, 0.3) is 0 Å². The van der Waals surface area contributed by atoms with Crippen LogP contribution in [0, 0.1) is 5.82 Å². The van der Waals surface area contributed by atoms with E-state index < -0.39 is 15.8 Å². The lowest BCUT2D eigenvalue weighted by atomic mass is 10.0. The van der Waals surface area contributed by atoms with Crippen LogP contribution < -0.4 is 9.62 Å². The van der Waals surface area contributed by atoms with Crippen LogP contribution in [0.15, 0.2) is 61.3 Å². The first kappa shape index (κ1) is 25.5. The molecular formula is C27H24FN9O2S.